The highest BCUT2D eigenvalue weighted by Crippen LogP contribution is 2.36. The summed E-state index contributed by atoms with van der Waals surface area (Å²) in [5.74, 6) is 0. The van der Waals surface area contributed by atoms with Crippen LogP contribution in [0.15, 0.2) is 65.6 Å². The largest absolute Gasteiger partial charge is 0.390 e. The molecule has 42 heavy (non-hydrogen) atoms. The molecule has 224 valence electrons. The summed E-state index contributed by atoms with van der Waals surface area (Å²) in [6.45, 7) is 8.34. The van der Waals surface area contributed by atoms with Crippen LogP contribution < -0.4 is 0 Å². The topological polar surface area (TPSA) is 78.7 Å². The lowest BCUT2D eigenvalue weighted by atomic mass is 10.0. The van der Waals surface area contributed by atoms with Crippen LogP contribution in [0.4, 0.5) is 8.78 Å². The molecule has 1 saturated heterocycles. The second kappa shape index (κ2) is 11.8. The molecule has 0 saturated carbocycles. The minimum Gasteiger partial charge on any atom is -0.390 e. The molecular formula is C32H38F2N4O3S. The summed E-state index contributed by atoms with van der Waals surface area (Å²) < 4.78 is 53.6. The summed E-state index contributed by atoms with van der Waals surface area (Å²) in [5.41, 5.74) is 3.82. The van der Waals surface area contributed by atoms with Crippen molar-refractivity contribution < 1.29 is 22.3 Å². The zero-order valence-corrected chi connectivity index (χ0v) is 25.3. The molecule has 0 aliphatic carbocycles. The lowest BCUT2D eigenvalue weighted by Crippen LogP contribution is -2.47. The Balaban J connectivity index is 1.34. The van der Waals surface area contributed by atoms with Crippen molar-refractivity contribution in [2.45, 2.75) is 50.8 Å². The monoisotopic (exact) mass is 596 g/mol. The van der Waals surface area contributed by atoms with Crippen molar-refractivity contribution in [1.82, 2.24) is 19.4 Å². The van der Waals surface area contributed by atoms with Gasteiger partial charge in [-0.2, -0.15) is 8.78 Å². The highest BCUT2D eigenvalue weighted by Gasteiger charge is 2.22. The van der Waals surface area contributed by atoms with Crippen molar-refractivity contribution >= 4 is 20.7 Å². The minimum atomic E-state index is -3.39. The van der Waals surface area contributed by atoms with E-state index in [1.165, 1.54) is 17.7 Å². The first-order valence-electron chi connectivity index (χ1n) is 14.2. The number of halogens is 2. The number of benzene rings is 2. The molecule has 2 aromatic heterocycles. The van der Waals surface area contributed by atoms with E-state index in [0.29, 0.717) is 33.5 Å². The molecule has 2 aromatic carbocycles. The predicted molar refractivity (Wildman–Crippen MR) is 162 cm³/mol. The predicted octanol–water partition coefficient (Wildman–Crippen LogP) is 5.76. The van der Waals surface area contributed by atoms with E-state index in [1.807, 2.05) is 32.9 Å². The molecule has 5 rings (SSSR count). The van der Waals surface area contributed by atoms with Crippen molar-refractivity contribution in [3.63, 3.8) is 0 Å². The van der Waals surface area contributed by atoms with Crippen LogP contribution in [0.2, 0.25) is 0 Å². The van der Waals surface area contributed by atoms with Gasteiger partial charge < -0.3 is 10.0 Å². The Morgan fingerprint density at radius 1 is 0.929 bits per heavy atom. The van der Waals surface area contributed by atoms with Gasteiger partial charge in [0.2, 0.25) is 0 Å². The Labute approximate surface area is 246 Å². The van der Waals surface area contributed by atoms with Gasteiger partial charge in [0.1, 0.15) is 0 Å². The van der Waals surface area contributed by atoms with Crippen LogP contribution in [0.5, 0.6) is 0 Å². The number of aryl methyl sites for hydroxylation is 1. The molecule has 0 bridgehead atoms. The lowest BCUT2D eigenvalue weighted by Gasteiger charge is -2.35. The van der Waals surface area contributed by atoms with Crippen LogP contribution in [0.25, 0.3) is 33.4 Å². The van der Waals surface area contributed by atoms with E-state index < -0.39 is 22.0 Å². The molecule has 0 amide bonds. The number of sulfone groups is 1. The summed E-state index contributed by atoms with van der Waals surface area (Å²) in [4.78, 5) is 9.70. The molecule has 0 spiro atoms. The van der Waals surface area contributed by atoms with Crippen LogP contribution in [0.3, 0.4) is 0 Å². The second-order valence-electron chi connectivity index (χ2n) is 11.9. The van der Waals surface area contributed by atoms with Gasteiger partial charge in [0.25, 0.3) is 0 Å². The van der Waals surface area contributed by atoms with Crippen molar-refractivity contribution in [2.24, 2.45) is 0 Å². The third-order valence-corrected chi connectivity index (χ3v) is 9.09. The summed E-state index contributed by atoms with van der Waals surface area (Å²) in [6.07, 6.45) is 1.87. The van der Waals surface area contributed by atoms with E-state index in [1.54, 1.807) is 24.3 Å². The number of nitrogens with zero attached hydrogens (tertiary/aromatic N) is 4. The third-order valence-electron chi connectivity index (χ3n) is 7.96. The van der Waals surface area contributed by atoms with Gasteiger partial charge in [0.15, 0.2) is 9.84 Å². The minimum absolute atomic E-state index is 0.138. The van der Waals surface area contributed by atoms with E-state index in [-0.39, 0.29) is 4.90 Å². The van der Waals surface area contributed by atoms with Gasteiger partial charge in [0.05, 0.1) is 27.4 Å². The van der Waals surface area contributed by atoms with E-state index >= 15 is 0 Å². The molecule has 0 radical (unpaired) electrons. The molecule has 3 heterocycles. The highest BCUT2D eigenvalue weighted by atomic mass is 32.2. The maximum absolute atomic E-state index is 14.4. The Bertz CT molecular complexity index is 1650. The van der Waals surface area contributed by atoms with Crippen molar-refractivity contribution in [2.75, 3.05) is 39.0 Å². The smallest absolute Gasteiger partial charge is 0.319 e. The van der Waals surface area contributed by atoms with Gasteiger partial charge in [-0.25, -0.2) is 8.42 Å². The molecular weight excluding hydrogens is 558 g/mol. The van der Waals surface area contributed by atoms with Crippen LogP contribution in [0.1, 0.15) is 38.1 Å². The van der Waals surface area contributed by atoms with Crippen LogP contribution in [-0.2, 0) is 16.4 Å². The number of pyridine rings is 1. The zero-order chi connectivity index (χ0) is 30.2. The van der Waals surface area contributed by atoms with Gasteiger partial charge in [-0.1, -0.05) is 36.4 Å². The molecule has 1 fully saturated rings. The van der Waals surface area contributed by atoms with Gasteiger partial charge in [-0.15, -0.1) is 0 Å². The SMILES string of the molecule is Cc1nc(-c2ccc(CN3CCN(CCC(C)(C)O)CC3)cc2)cc2c1cc(-c1ccc(S(C)(=O)=O)cc1)n2C(F)F. The average Bonchev–Trinajstić information content (AvgIpc) is 3.33. The quantitative estimate of drug-likeness (QED) is 0.265. The van der Waals surface area contributed by atoms with Crippen molar-refractivity contribution in [1.29, 1.82) is 0 Å². The van der Waals surface area contributed by atoms with Crippen LogP contribution >= 0.6 is 0 Å². The fraction of sp³-hybridized carbons (Fsp3) is 0.406. The van der Waals surface area contributed by atoms with Crippen LogP contribution in [-0.4, -0.2) is 77.5 Å². The normalized spacial score (nSPS) is 15.6. The Kier molecular flexibility index (Phi) is 8.53. The molecule has 4 aromatic rings. The maximum atomic E-state index is 14.4. The zero-order valence-electron chi connectivity index (χ0n) is 24.5. The first kappa shape index (κ1) is 30.3. The van der Waals surface area contributed by atoms with Crippen molar-refractivity contribution in [3.8, 4) is 22.5 Å². The van der Waals surface area contributed by atoms with Gasteiger partial charge >= 0.3 is 6.55 Å². The number of alkyl halides is 2. The van der Waals surface area contributed by atoms with Crippen LogP contribution in [0, 0.1) is 6.92 Å². The van der Waals surface area contributed by atoms with Gasteiger partial charge in [-0.3, -0.25) is 14.5 Å². The molecule has 0 unspecified atom stereocenters. The molecule has 0 atom stereocenters. The number of fused-ring (bicyclic) bond motifs is 1. The number of hydrogen-bond donors (Lipinski definition) is 1. The van der Waals surface area contributed by atoms with E-state index in [2.05, 4.69) is 21.9 Å². The molecule has 7 nitrogen and oxygen atoms in total. The first-order chi connectivity index (χ1) is 19.8. The fourth-order valence-electron chi connectivity index (χ4n) is 5.47. The highest BCUT2D eigenvalue weighted by molar-refractivity contribution is 7.90. The number of piperazine rings is 1. The molecule has 1 N–H and O–H groups in total. The summed E-state index contributed by atoms with van der Waals surface area (Å²) in [7, 11) is -3.39. The number of aliphatic hydroxyl groups is 1. The van der Waals surface area contributed by atoms with Gasteiger partial charge in [0, 0.05) is 62.2 Å². The van der Waals surface area contributed by atoms with E-state index in [4.69, 9.17) is 4.98 Å². The summed E-state index contributed by atoms with van der Waals surface area (Å²) >= 11 is 0. The second-order valence-corrected chi connectivity index (χ2v) is 13.9. The Morgan fingerprint density at radius 3 is 2.10 bits per heavy atom. The molecule has 10 heteroatoms. The number of aromatic nitrogens is 2. The standard InChI is InChI=1S/C32H38F2N4O3S/c1-22-27-19-29(25-9-11-26(12-10-25)42(4,40)41)38(31(33)34)30(27)20-28(35-22)24-7-5-23(6-8-24)21-37-17-15-36(16-18-37)14-13-32(2,3)39/h5-12,19-20,31,39H,13-18,21H2,1-4H3. The van der Waals surface area contributed by atoms with Crippen molar-refractivity contribution in [3.05, 3.63) is 71.9 Å². The molecule has 1 aliphatic heterocycles. The Morgan fingerprint density at radius 2 is 1.52 bits per heavy atom. The first-order valence-corrected chi connectivity index (χ1v) is 16.1. The number of hydrogen-bond acceptors (Lipinski definition) is 6. The summed E-state index contributed by atoms with van der Waals surface area (Å²) in [5, 5.41) is 10.6. The Hall–Kier alpha value is -3.18. The van der Waals surface area contributed by atoms with Gasteiger partial charge in [-0.05, 0) is 62.6 Å². The number of rotatable bonds is 9. The third kappa shape index (κ3) is 6.89. The molecule has 1 aliphatic rings. The summed E-state index contributed by atoms with van der Waals surface area (Å²) in [6, 6.07) is 17.5. The lowest BCUT2D eigenvalue weighted by molar-refractivity contribution is 0.0467. The fourth-order valence-corrected chi connectivity index (χ4v) is 6.11. The maximum Gasteiger partial charge on any atom is 0.319 e. The average molecular weight is 597 g/mol. The van der Waals surface area contributed by atoms with E-state index in [9.17, 15) is 22.3 Å². The van der Waals surface area contributed by atoms with E-state index in [0.717, 1.165) is 62.1 Å².